The third-order valence-corrected chi connectivity index (χ3v) is 1.01. The Morgan fingerprint density at radius 3 is 2.30 bits per heavy atom. The highest BCUT2D eigenvalue weighted by Gasteiger charge is 2.11. The summed E-state index contributed by atoms with van der Waals surface area (Å²) in [5, 5.41) is 0. The molecule has 0 radical (unpaired) electrons. The van der Waals surface area contributed by atoms with Crippen molar-refractivity contribution in [2.75, 3.05) is 6.61 Å². The Hall–Kier alpha value is -0.370. The lowest BCUT2D eigenvalue weighted by atomic mass is 10.2. The number of rotatable bonds is 3. The molecule has 0 bridgehead atoms. The van der Waals surface area contributed by atoms with E-state index in [1.807, 2.05) is 27.7 Å². The van der Waals surface area contributed by atoms with Crippen molar-refractivity contribution in [2.24, 2.45) is 5.92 Å². The molecule has 1 atom stereocenters. The molecule has 0 heterocycles. The van der Waals surface area contributed by atoms with E-state index in [9.17, 15) is 4.79 Å². The zero-order chi connectivity index (χ0) is 8.20. The van der Waals surface area contributed by atoms with Gasteiger partial charge in [0.1, 0.15) is 6.29 Å². The van der Waals surface area contributed by atoms with Crippen molar-refractivity contribution in [3.8, 4) is 0 Å². The maximum Gasteiger partial charge on any atom is 0.125 e. The highest BCUT2D eigenvalue weighted by molar-refractivity contribution is 5.52. The molecule has 0 aliphatic rings. The molecule has 0 N–H and O–H groups in total. The lowest BCUT2D eigenvalue weighted by Crippen LogP contribution is -2.22. The minimum absolute atomic E-state index is 0.0132. The fourth-order valence-electron chi connectivity index (χ4n) is 0.421. The summed E-state index contributed by atoms with van der Waals surface area (Å²) in [5.74, 6) is 0.0132. The van der Waals surface area contributed by atoms with Crippen LogP contribution in [0, 0.1) is 5.92 Å². The minimum Gasteiger partial charge on any atom is -0.375 e. The van der Waals surface area contributed by atoms with Crippen LogP contribution in [0.25, 0.3) is 0 Å². The molecular formula is C8H16O2. The van der Waals surface area contributed by atoms with Crippen LogP contribution in [0.5, 0.6) is 0 Å². The van der Waals surface area contributed by atoms with Crippen molar-refractivity contribution in [3.63, 3.8) is 0 Å². The molecule has 0 saturated carbocycles. The Morgan fingerprint density at radius 2 is 2.00 bits per heavy atom. The molecular weight excluding hydrogens is 128 g/mol. The first-order valence-electron chi connectivity index (χ1n) is 3.55. The summed E-state index contributed by atoms with van der Waals surface area (Å²) in [6, 6.07) is 0. The summed E-state index contributed by atoms with van der Waals surface area (Å²) in [6.07, 6.45) is 0.908. The van der Waals surface area contributed by atoms with Gasteiger partial charge < -0.3 is 9.53 Å². The summed E-state index contributed by atoms with van der Waals surface area (Å²) in [7, 11) is 0. The molecule has 0 saturated heterocycles. The Kier molecular flexibility index (Phi) is 3.58. The molecule has 2 heteroatoms. The van der Waals surface area contributed by atoms with Gasteiger partial charge in [-0.2, -0.15) is 0 Å². The van der Waals surface area contributed by atoms with Crippen molar-refractivity contribution in [3.05, 3.63) is 0 Å². The minimum atomic E-state index is -0.128. The molecule has 0 spiro atoms. The molecule has 0 aliphatic heterocycles. The van der Waals surface area contributed by atoms with Gasteiger partial charge in [-0.05, 0) is 20.8 Å². The van der Waals surface area contributed by atoms with Gasteiger partial charge in [0.15, 0.2) is 0 Å². The molecule has 0 fully saturated rings. The van der Waals surface area contributed by atoms with Crippen LogP contribution in [0.2, 0.25) is 0 Å². The van der Waals surface area contributed by atoms with Crippen LogP contribution < -0.4 is 0 Å². The number of ether oxygens (including phenoxy) is 1. The third kappa shape index (κ3) is 5.76. The van der Waals surface area contributed by atoms with E-state index in [-0.39, 0.29) is 11.5 Å². The Balaban J connectivity index is 3.45. The van der Waals surface area contributed by atoms with Crippen LogP contribution in [0.1, 0.15) is 27.7 Å². The molecule has 0 aromatic carbocycles. The second-order valence-corrected chi connectivity index (χ2v) is 3.54. The fourth-order valence-corrected chi connectivity index (χ4v) is 0.421. The predicted molar refractivity (Wildman–Crippen MR) is 40.9 cm³/mol. The molecule has 60 valence electrons. The van der Waals surface area contributed by atoms with E-state index in [0.29, 0.717) is 6.61 Å². The lowest BCUT2D eigenvalue weighted by Gasteiger charge is -2.20. The number of hydrogen-bond acceptors (Lipinski definition) is 2. The maximum absolute atomic E-state index is 10.1. The zero-order valence-corrected chi connectivity index (χ0v) is 7.18. The topological polar surface area (TPSA) is 26.3 Å². The molecule has 0 aliphatic carbocycles. The van der Waals surface area contributed by atoms with Crippen molar-refractivity contribution in [1.29, 1.82) is 0 Å². The Bertz CT molecular complexity index is 102. The highest BCUT2D eigenvalue weighted by atomic mass is 16.5. The van der Waals surface area contributed by atoms with Crippen molar-refractivity contribution in [2.45, 2.75) is 33.3 Å². The summed E-state index contributed by atoms with van der Waals surface area (Å²) in [5.41, 5.74) is -0.128. The van der Waals surface area contributed by atoms with E-state index in [2.05, 4.69) is 0 Å². The van der Waals surface area contributed by atoms with Gasteiger partial charge in [0, 0.05) is 5.92 Å². The van der Waals surface area contributed by atoms with Crippen LogP contribution in [-0.4, -0.2) is 18.5 Å². The van der Waals surface area contributed by atoms with Gasteiger partial charge in [-0.25, -0.2) is 0 Å². The second-order valence-electron chi connectivity index (χ2n) is 3.54. The van der Waals surface area contributed by atoms with E-state index in [1.165, 1.54) is 0 Å². The van der Waals surface area contributed by atoms with Crippen LogP contribution in [0.3, 0.4) is 0 Å². The number of hydrogen-bond donors (Lipinski definition) is 0. The van der Waals surface area contributed by atoms with Crippen molar-refractivity contribution in [1.82, 2.24) is 0 Å². The van der Waals surface area contributed by atoms with Crippen molar-refractivity contribution < 1.29 is 9.53 Å². The molecule has 0 amide bonds. The first kappa shape index (κ1) is 9.63. The van der Waals surface area contributed by atoms with Crippen LogP contribution in [0.15, 0.2) is 0 Å². The molecule has 10 heavy (non-hydrogen) atoms. The van der Waals surface area contributed by atoms with Crippen LogP contribution in [-0.2, 0) is 9.53 Å². The highest BCUT2D eigenvalue weighted by Crippen LogP contribution is 2.07. The maximum atomic E-state index is 10.1. The summed E-state index contributed by atoms with van der Waals surface area (Å²) in [4.78, 5) is 10.1. The van der Waals surface area contributed by atoms with Gasteiger partial charge in [-0.3, -0.25) is 0 Å². The molecule has 2 nitrogen and oxygen atoms in total. The van der Waals surface area contributed by atoms with Gasteiger partial charge >= 0.3 is 0 Å². The lowest BCUT2D eigenvalue weighted by molar-refractivity contribution is -0.114. The van der Waals surface area contributed by atoms with Gasteiger partial charge in [0.25, 0.3) is 0 Å². The Labute approximate surface area is 62.6 Å². The summed E-state index contributed by atoms with van der Waals surface area (Å²) >= 11 is 0. The van der Waals surface area contributed by atoms with E-state index in [4.69, 9.17) is 4.74 Å². The van der Waals surface area contributed by atoms with E-state index in [0.717, 1.165) is 6.29 Å². The van der Waals surface area contributed by atoms with Crippen LogP contribution in [0.4, 0.5) is 0 Å². The Morgan fingerprint density at radius 1 is 1.50 bits per heavy atom. The average molecular weight is 144 g/mol. The molecule has 0 aromatic heterocycles. The zero-order valence-electron chi connectivity index (χ0n) is 7.18. The standard InChI is InChI=1S/C8H16O2/c1-7(5-9)6-10-8(2,3)4/h5,7H,6H2,1-4H3. The van der Waals surface area contributed by atoms with E-state index < -0.39 is 0 Å². The normalized spacial score (nSPS) is 14.8. The number of carbonyl (C=O) groups excluding carboxylic acids is 1. The third-order valence-electron chi connectivity index (χ3n) is 1.01. The van der Waals surface area contributed by atoms with Gasteiger partial charge in [0.05, 0.1) is 12.2 Å². The van der Waals surface area contributed by atoms with E-state index >= 15 is 0 Å². The number of aldehydes is 1. The van der Waals surface area contributed by atoms with Gasteiger partial charge in [-0.15, -0.1) is 0 Å². The van der Waals surface area contributed by atoms with Gasteiger partial charge in [-0.1, -0.05) is 6.92 Å². The molecule has 0 aromatic rings. The predicted octanol–water partition coefficient (Wildman–Crippen LogP) is 1.64. The first-order chi connectivity index (χ1) is 4.45. The summed E-state index contributed by atoms with van der Waals surface area (Å²) in [6.45, 7) is 8.30. The smallest absolute Gasteiger partial charge is 0.125 e. The molecule has 1 unspecified atom stereocenters. The van der Waals surface area contributed by atoms with Crippen molar-refractivity contribution >= 4 is 6.29 Å². The second kappa shape index (κ2) is 3.71. The molecule has 0 rings (SSSR count). The summed E-state index contributed by atoms with van der Waals surface area (Å²) < 4.78 is 5.35. The monoisotopic (exact) mass is 144 g/mol. The first-order valence-corrected chi connectivity index (χ1v) is 3.55. The average Bonchev–Trinajstić information content (AvgIpc) is 1.81. The number of carbonyl (C=O) groups is 1. The van der Waals surface area contributed by atoms with Crippen LogP contribution >= 0.6 is 0 Å². The quantitative estimate of drug-likeness (QED) is 0.563. The SMILES string of the molecule is CC(C=O)COC(C)(C)C. The van der Waals surface area contributed by atoms with Gasteiger partial charge in [0.2, 0.25) is 0 Å². The van der Waals surface area contributed by atoms with E-state index in [1.54, 1.807) is 0 Å². The largest absolute Gasteiger partial charge is 0.375 e. The fraction of sp³-hybridized carbons (Fsp3) is 0.875.